The fourth-order valence-corrected chi connectivity index (χ4v) is 5.09. The van der Waals surface area contributed by atoms with Crippen LogP contribution >= 0.6 is 0 Å². The van der Waals surface area contributed by atoms with E-state index in [1.807, 2.05) is 6.07 Å². The van der Waals surface area contributed by atoms with Crippen molar-refractivity contribution in [3.05, 3.63) is 40.9 Å². The average molecular weight is 509 g/mol. The van der Waals surface area contributed by atoms with Crippen LogP contribution in [0.2, 0.25) is 0 Å². The normalized spacial score (nSPS) is 21.0. The number of carbonyl (C=O) groups is 1. The van der Waals surface area contributed by atoms with Gasteiger partial charge >= 0.3 is 6.18 Å². The average Bonchev–Trinajstić information content (AvgIpc) is 3.15. The molecule has 7 nitrogen and oxygen atoms in total. The van der Waals surface area contributed by atoms with E-state index in [0.29, 0.717) is 23.3 Å². The minimum Gasteiger partial charge on any atom is -0.465 e. The molecule has 2 aromatic heterocycles. The van der Waals surface area contributed by atoms with Crippen LogP contribution in [0, 0.1) is 12.8 Å². The van der Waals surface area contributed by atoms with Crippen LogP contribution in [-0.4, -0.2) is 59.4 Å². The highest BCUT2D eigenvalue weighted by Gasteiger charge is 2.27. The molecule has 198 valence electrons. The van der Waals surface area contributed by atoms with Gasteiger partial charge in [-0.3, -0.25) is 9.78 Å². The van der Waals surface area contributed by atoms with E-state index in [9.17, 15) is 18.0 Å². The van der Waals surface area contributed by atoms with E-state index in [0.717, 1.165) is 75.8 Å². The first-order chi connectivity index (χ1) is 17.2. The monoisotopic (exact) mass is 508 g/mol. The number of fused-ring (bicyclic) bond motifs is 1. The van der Waals surface area contributed by atoms with Gasteiger partial charge in [0.1, 0.15) is 5.76 Å². The molecule has 0 bridgehead atoms. The smallest absolute Gasteiger partial charge is 0.389 e. The van der Waals surface area contributed by atoms with Crippen molar-refractivity contribution in [2.75, 3.05) is 26.2 Å². The standard InChI is InChI=1S/C26H35F3N4O3/c1-18-16-25(32-36-18)35-17-24(34)31-21-5-2-19(3-6-21)9-13-33-14-10-20-4-7-22(8-12-26(27,28)29)30-23(20)11-15-33/h4,7,16,19,21H,2-3,5-6,8-15,17H2,1H3,(H,31,34). The number of nitrogens with zero attached hydrogens (tertiary/aromatic N) is 3. The minimum atomic E-state index is -4.15. The lowest BCUT2D eigenvalue weighted by molar-refractivity contribution is -0.134. The molecule has 10 heteroatoms. The van der Waals surface area contributed by atoms with E-state index in [-0.39, 0.29) is 25.0 Å². The highest BCUT2D eigenvalue weighted by molar-refractivity contribution is 5.77. The first-order valence-electron chi connectivity index (χ1n) is 12.9. The predicted molar refractivity (Wildman–Crippen MR) is 128 cm³/mol. The van der Waals surface area contributed by atoms with Gasteiger partial charge in [0.15, 0.2) is 6.61 Å². The van der Waals surface area contributed by atoms with Crippen LogP contribution in [0.4, 0.5) is 13.2 Å². The van der Waals surface area contributed by atoms with Gasteiger partial charge < -0.3 is 19.5 Å². The van der Waals surface area contributed by atoms with Crippen molar-refractivity contribution < 1.29 is 27.2 Å². The highest BCUT2D eigenvalue weighted by Crippen LogP contribution is 2.28. The molecule has 1 aliphatic carbocycles. The molecule has 0 atom stereocenters. The first-order valence-corrected chi connectivity index (χ1v) is 12.9. The highest BCUT2D eigenvalue weighted by atomic mass is 19.4. The molecule has 0 radical (unpaired) electrons. The Balaban J connectivity index is 1.13. The lowest BCUT2D eigenvalue weighted by atomic mass is 9.84. The zero-order valence-electron chi connectivity index (χ0n) is 20.8. The van der Waals surface area contributed by atoms with E-state index >= 15 is 0 Å². The maximum Gasteiger partial charge on any atom is 0.389 e. The zero-order valence-corrected chi connectivity index (χ0v) is 20.8. The van der Waals surface area contributed by atoms with Gasteiger partial charge in [0.25, 0.3) is 11.8 Å². The minimum absolute atomic E-state index is 0.0576. The summed E-state index contributed by atoms with van der Waals surface area (Å²) in [5.41, 5.74) is 2.64. The van der Waals surface area contributed by atoms with E-state index in [2.05, 4.69) is 20.4 Å². The van der Waals surface area contributed by atoms with Crippen molar-refractivity contribution >= 4 is 5.91 Å². The summed E-state index contributed by atoms with van der Waals surface area (Å²) in [6, 6.07) is 5.54. The maximum absolute atomic E-state index is 12.5. The van der Waals surface area contributed by atoms with Crippen molar-refractivity contribution in [3.8, 4) is 5.88 Å². The molecule has 4 rings (SSSR count). The lowest BCUT2D eigenvalue weighted by Crippen LogP contribution is -2.40. The summed E-state index contributed by atoms with van der Waals surface area (Å²) in [6.07, 6.45) is 1.87. The molecule has 1 N–H and O–H groups in total. The molecule has 0 saturated heterocycles. The topological polar surface area (TPSA) is 80.5 Å². The number of ether oxygens (including phenoxy) is 1. The quantitative estimate of drug-likeness (QED) is 0.540. The van der Waals surface area contributed by atoms with Crippen molar-refractivity contribution in [1.82, 2.24) is 20.4 Å². The Bertz CT molecular complexity index is 1000. The van der Waals surface area contributed by atoms with Gasteiger partial charge in [0, 0.05) is 49.4 Å². The van der Waals surface area contributed by atoms with E-state index in [4.69, 9.17) is 9.26 Å². The van der Waals surface area contributed by atoms with Crippen molar-refractivity contribution in [2.24, 2.45) is 5.92 Å². The molecular weight excluding hydrogens is 473 g/mol. The number of alkyl halides is 3. The summed E-state index contributed by atoms with van der Waals surface area (Å²) >= 11 is 0. The maximum atomic E-state index is 12.5. The number of aromatic nitrogens is 2. The molecule has 2 aliphatic rings. The number of amides is 1. The molecule has 2 aromatic rings. The Morgan fingerprint density at radius 3 is 2.69 bits per heavy atom. The van der Waals surface area contributed by atoms with Crippen LogP contribution in [0.15, 0.2) is 22.7 Å². The number of halogens is 3. The molecule has 0 aromatic carbocycles. The molecule has 36 heavy (non-hydrogen) atoms. The van der Waals surface area contributed by atoms with Crippen LogP contribution < -0.4 is 10.1 Å². The van der Waals surface area contributed by atoms with Crippen LogP contribution in [-0.2, 0) is 24.1 Å². The third-order valence-electron chi connectivity index (χ3n) is 7.18. The second kappa shape index (κ2) is 12.1. The van der Waals surface area contributed by atoms with Crippen molar-refractivity contribution in [2.45, 2.75) is 76.9 Å². The molecule has 0 unspecified atom stereocenters. The van der Waals surface area contributed by atoms with Crippen LogP contribution in [0.1, 0.15) is 61.2 Å². The van der Waals surface area contributed by atoms with Gasteiger partial charge in [-0.1, -0.05) is 6.07 Å². The van der Waals surface area contributed by atoms with Gasteiger partial charge in [-0.05, 0) is 81.1 Å². The van der Waals surface area contributed by atoms with Crippen molar-refractivity contribution in [3.63, 3.8) is 0 Å². The van der Waals surface area contributed by atoms with E-state index in [1.54, 1.807) is 19.1 Å². The summed E-state index contributed by atoms with van der Waals surface area (Å²) in [5, 5.41) is 6.78. The van der Waals surface area contributed by atoms with Gasteiger partial charge in [-0.25, -0.2) is 0 Å². The Kier molecular flexibility index (Phi) is 8.87. The molecule has 1 fully saturated rings. The van der Waals surface area contributed by atoms with E-state index in [1.165, 1.54) is 0 Å². The molecule has 3 heterocycles. The predicted octanol–water partition coefficient (Wildman–Crippen LogP) is 4.42. The van der Waals surface area contributed by atoms with Crippen LogP contribution in [0.25, 0.3) is 0 Å². The summed E-state index contributed by atoms with van der Waals surface area (Å²) in [5.74, 6) is 1.46. The number of pyridine rings is 1. The third-order valence-corrected chi connectivity index (χ3v) is 7.18. The number of rotatable bonds is 9. The molecular formula is C26H35F3N4O3. The number of nitrogens with one attached hydrogen (secondary N) is 1. The fraction of sp³-hybridized carbons (Fsp3) is 0.654. The van der Waals surface area contributed by atoms with Gasteiger partial charge in [-0.15, -0.1) is 0 Å². The van der Waals surface area contributed by atoms with Gasteiger partial charge in [0.05, 0.1) is 0 Å². The number of carbonyl (C=O) groups excluding carboxylic acids is 1. The Morgan fingerprint density at radius 1 is 1.19 bits per heavy atom. The summed E-state index contributed by atoms with van der Waals surface area (Å²) in [7, 11) is 0. The zero-order chi connectivity index (χ0) is 25.5. The van der Waals surface area contributed by atoms with E-state index < -0.39 is 12.6 Å². The third kappa shape index (κ3) is 8.21. The fourth-order valence-electron chi connectivity index (χ4n) is 5.09. The lowest BCUT2D eigenvalue weighted by Gasteiger charge is -2.30. The summed E-state index contributed by atoms with van der Waals surface area (Å²) in [4.78, 5) is 19.2. The van der Waals surface area contributed by atoms with Gasteiger partial charge in [0.2, 0.25) is 0 Å². The van der Waals surface area contributed by atoms with Crippen LogP contribution in [0.5, 0.6) is 5.88 Å². The summed E-state index contributed by atoms with van der Waals surface area (Å²) < 4.78 is 47.9. The Hall–Kier alpha value is -2.62. The largest absolute Gasteiger partial charge is 0.465 e. The number of aryl methyl sites for hydroxylation is 2. The summed E-state index contributed by atoms with van der Waals surface area (Å²) in [6.45, 7) is 4.55. The first kappa shape index (κ1) is 26.4. The second-order valence-electron chi connectivity index (χ2n) is 10.0. The Labute approximate surface area is 209 Å². The molecule has 1 amide bonds. The Morgan fingerprint density at radius 2 is 1.97 bits per heavy atom. The molecule has 0 spiro atoms. The molecule has 1 aliphatic heterocycles. The van der Waals surface area contributed by atoms with Gasteiger partial charge in [-0.2, -0.15) is 13.2 Å². The number of hydrogen-bond donors (Lipinski definition) is 1. The second-order valence-corrected chi connectivity index (χ2v) is 10.0. The number of hydrogen-bond acceptors (Lipinski definition) is 6. The van der Waals surface area contributed by atoms with Crippen LogP contribution in [0.3, 0.4) is 0 Å². The van der Waals surface area contributed by atoms with Crippen molar-refractivity contribution in [1.29, 1.82) is 0 Å². The SMILES string of the molecule is Cc1cc(OCC(=O)NC2CCC(CCN3CCc4ccc(CCC(F)(F)F)nc4CC3)CC2)no1. The molecule has 1 saturated carbocycles.